The Bertz CT molecular complexity index is 1390. The summed E-state index contributed by atoms with van der Waals surface area (Å²) in [5.41, 5.74) is 6.10. The average Bonchev–Trinajstić information content (AvgIpc) is 2.93. The third-order valence-corrected chi connectivity index (χ3v) is 7.29. The van der Waals surface area contributed by atoms with Crippen LogP contribution in [0, 0.1) is 0 Å². The summed E-state index contributed by atoms with van der Waals surface area (Å²) in [6.45, 7) is 12.7. The highest BCUT2D eigenvalue weighted by molar-refractivity contribution is 7.53. The van der Waals surface area contributed by atoms with Gasteiger partial charge in [-0.3, -0.25) is 4.79 Å². The van der Waals surface area contributed by atoms with Gasteiger partial charge in [0.1, 0.15) is 17.8 Å². The number of nitrogens with zero attached hydrogens (tertiary/aromatic N) is 1. The Morgan fingerprint density at radius 1 is 1.10 bits per heavy atom. The molecule has 4 bridgehead atoms. The number of halogens is 1. The van der Waals surface area contributed by atoms with Crippen LogP contribution < -0.4 is 25.6 Å². The minimum Gasteiger partial charge on any atom is -0.454 e. The summed E-state index contributed by atoms with van der Waals surface area (Å²) < 4.78 is 6.16. The second kappa shape index (κ2) is 15.8. The topological polar surface area (TPSA) is 86.8 Å². The Morgan fingerprint density at radius 3 is 2.51 bits per heavy atom. The van der Waals surface area contributed by atoms with Gasteiger partial charge in [-0.05, 0) is 99.3 Å². The number of amidine groups is 1. The van der Waals surface area contributed by atoms with Crippen LogP contribution in [-0.4, -0.2) is 24.6 Å². The highest BCUT2D eigenvalue weighted by Gasteiger charge is 2.14. The van der Waals surface area contributed by atoms with E-state index in [4.69, 9.17) is 21.1 Å². The van der Waals surface area contributed by atoms with E-state index in [1.54, 1.807) is 6.08 Å². The molecule has 7 nitrogen and oxygen atoms in total. The van der Waals surface area contributed by atoms with Crippen LogP contribution in [0.2, 0.25) is 0 Å². The van der Waals surface area contributed by atoms with Crippen LogP contribution in [-0.2, 0) is 17.6 Å². The maximum absolute atomic E-state index is 11.3. The number of benzene rings is 3. The first kappa shape index (κ1) is 31.7. The van der Waals surface area contributed by atoms with Crippen molar-refractivity contribution in [3.05, 3.63) is 102 Å². The molecule has 0 radical (unpaired) electrons. The molecule has 2 atom stereocenters. The normalized spacial score (nSPS) is 16.7. The van der Waals surface area contributed by atoms with E-state index in [1.165, 1.54) is 12.5 Å². The predicted molar refractivity (Wildman–Crippen MR) is 178 cm³/mol. The molecule has 1 aliphatic heterocycles. The van der Waals surface area contributed by atoms with E-state index >= 15 is 0 Å². The summed E-state index contributed by atoms with van der Waals surface area (Å²) in [6.07, 6.45) is 5.14. The fraction of sp³-hybridized carbons (Fsp3) is 0.250. The number of fused-ring (bicyclic) bond motifs is 4. The molecule has 0 saturated heterocycles. The van der Waals surface area contributed by atoms with E-state index < -0.39 is 8.30 Å². The molecular weight excluding hydrogens is 553 g/mol. The van der Waals surface area contributed by atoms with Crippen LogP contribution in [0.25, 0.3) is 0 Å². The number of hydrogen-bond acceptors (Lipinski definition) is 6. The van der Waals surface area contributed by atoms with Crippen LogP contribution in [0.15, 0.2) is 95.5 Å². The van der Waals surface area contributed by atoms with Crippen molar-refractivity contribution in [1.29, 1.82) is 0 Å². The van der Waals surface area contributed by atoms with Gasteiger partial charge in [0.25, 0.3) is 0 Å². The van der Waals surface area contributed by atoms with Crippen molar-refractivity contribution in [2.24, 2.45) is 4.99 Å². The third kappa shape index (κ3) is 10.3. The number of amides is 1. The number of rotatable bonds is 6. The number of anilines is 4. The second-order valence-corrected chi connectivity index (χ2v) is 11.3. The van der Waals surface area contributed by atoms with Crippen LogP contribution in [0.3, 0.4) is 0 Å². The van der Waals surface area contributed by atoms with Gasteiger partial charge in [-0.25, -0.2) is 4.99 Å². The highest BCUT2D eigenvalue weighted by Crippen LogP contribution is 2.38. The zero-order valence-electron chi connectivity index (χ0n) is 24.3. The monoisotopic (exact) mass is 591 g/mol. The molecule has 4 rings (SSSR count). The Hall–Kier alpha value is -3.80. The molecule has 0 fully saturated rings. The molecule has 3 aromatic rings. The van der Waals surface area contributed by atoms with E-state index in [1.807, 2.05) is 63.8 Å². The van der Waals surface area contributed by atoms with Crippen LogP contribution in [0.5, 0.6) is 5.75 Å². The fourth-order valence-corrected chi connectivity index (χ4v) is 5.27. The van der Waals surface area contributed by atoms with Crippen molar-refractivity contribution in [3.8, 4) is 5.75 Å². The molecule has 0 saturated carbocycles. The minimum atomic E-state index is -1.01. The molecule has 0 aromatic heterocycles. The zero-order chi connectivity index (χ0) is 29.8. The van der Waals surface area contributed by atoms with E-state index in [9.17, 15) is 4.79 Å². The predicted octanol–water partition coefficient (Wildman–Crippen LogP) is 8.78. The fourth-order valence-electron chi connectivity index (χ4n) is 4.13. The SMILES string of the molecule is C/C=C(Cl)\C1=N/C(C)Nc2cccc(c2)CCc2cc(ccc2NP(C)Oc2ccc(NC(C)=O)cc2)N1.C=CC. The smallest absolute Gasteiger partial charge is 0.221 e. The lowest BCUT2D eigenvalue weighted by Gasteiger charge is -2.20. The maximum atomic E-state index is 11.3. The number of aryl methyl sites for hydroxylation is 2. The number of allylic oxidation sites excluding steroid dienone is 2. The molecule has 41 heavy (non-hydrogen) atoms. The summed E-state index contributed by atoms with van der Waals surface area (Å²) in [5.74, 6) is 1.24. The third-order valence-electron chi connectivity index (χ3n) is 5.85. The molecule has 1 heterocycles. The highest BCUT2D eigenvalue weighted by atomic mass is 35.5. The second-order valence-electron chi connectivity index (χ2n) is 9.45. The summed E-state index contributed by atoms with van der Waals surface area (Å²) >= 11 is 6.52. The number of aliphatic imine (C=N–C) groups is 1. The lowest BCUT2D eigenvalue weighted by atomic mass is 10.0. The van der Waals surface area contributed by atoms with Gasteiger partial charge in [-0.2, -0.15) is 0 Å². The van der Waals surface area contributed by atoms with Crippen molar-refractivity contribution >= 4 is 54.4 Å². The first-order chi connectivity index (χ1) is 19.7. The summed E-state index contributed by atoms with van der Waals surface area (Å²) in [6, 6.07) is 22.0. The molecule has 0 aliphatic carbocycles. The zero-order valence-corrected chi connectivity index (χ0v) is 25.9. The maximum Gasteiger partial charge on any atom is 0.221 e. The molecule has 216 valence electrons. The van der Waals surface area contributed by atoms with E-state index in [0.29, 0.717) is 10.9 Å². The van der Waals surface area contributed by atoms with Gasteiger partial charge in [0.15, 0.2) is 8.30 Å². The Labute approximate surface area is 250 Å². The van der Waals surface area contributed by atoms with E-state index in [-0.39, 0.29) is 12.1 Å². The van der Waals surface area contributed by atoms with E-state index in [2.05, 4.69) is 64.0 Å². The van der Waals surface area contributed by atoms with Gasteiger partial charge in [-0.15, -0.1) is 6.58 Å². The number of nitrogens with one attached hydrogen (secondary N) is 4. The first-order valence-electron chi connectivity index (χ1n) is 13.5. The van der Waals surface area contributed by atoms with Crippen molar-refractivity contribution in [2.75, 3.05) is 27.7 Å². The Morgan fingerprint density at radius 2 is 1.83 bits per heavy atom. The quantitative estimate of drug-likeness (QED) is 0.170. The molecule has 1 amide bonds. The van der Waals surface area contributed by atoms with Gasteiger partial charge >= 0.3 is 0 Å². The lowest BCUT2D eigenvalue weighted by Crippen LogP contribution is -2.20. The number of carbonyl (C=O) groups is 1. The summed E-state index contributed by atoms with van der Waals surface area (Å²) in [5, 5.41) is 13.8. The number of carbonyl (C=O) groups excluding carboxylic acids is 1. The van der Waals surface area contributed by atoms with Gasteiger partial charge in [-0.1, -0.05) is 35.9 Å². The minimum absolute atomic E-state index is 0.103. The van der Waals surface area contributed by atoms with Crippen molar-refractivity contribution in [3.63, 3.8) is 0 Å². The van der Waals surface area contributed by atoms with Crippen LogP contribution in [0.4, 0.5) is 22.7 Å². The molecule has 0 spiro atoms. The molecule has 4 N–H and O–H groups in total. The standard InChI is InChI=1S/C29H33ClN5O2P.C3H6/c1-5-27(30)29-32-19(2)31-24-8-6-7-21(17-24)9-10-22-18-25(34-29)13-16-28(22)35-38(4)37-26-14-11-23(12-15-26)33-20(3)36;1-3-2/h5-8,11-19,31,35H,9-10H2,1-4H3,(H,32,34)(H,33,36);3H,1H2,2H3/b27-5+;. The molecular formula is C32H39ClN5O2P. The van der Waals surface area contributed by atoms with Crippen molar-refractivity contribution in [1.82, 2.24) is 0 Å². The van der Waals surface area contributed by atoms with Crippen LogP contribution in [0.1, 0.15) is 38.8 Å². The molecule has 1 aliphatic rings. The van der Waals surface area contributed by atoms with E-state index in [0.717, 1.165) is 46.9 Å². The van der Waals surface area contributed by atoms with Crippen molar-refractivity contribution in [2.45, 2.75) is 46.7 Å². The summed E-state index contributed by atoms with van der Waals surface area (Å²) in [7, 11) is -1.01. The largest absolute Gasteiger partial charge is 0.454 e. The summed E-state index contributed by atoms with van der Waals surface area (Å²) in [4.78, 5) is 16.1. The lowest BCUT2D eigenvalue weighted by molar-refractivity contribution is -0.114. The first-order valence-corrected chi connectivity index (χ1v) is 15.6. The Kier molecular flexibility index (Phi) is 12.3. The number of hydrogen-bond donors (Lipinski definition) is 4. The van der Waals surface area contributed by atoms with Crippen molar-refractivity contribution < 1.29 is 9.32 Å². The average molecular weight is 592 g/mol. The van der Waals surface area contributed by atoms with Gasteiger partial charge < -0.3 is 25.6 Å². The molecule has 3 aromatic carbocycles. The van der Waals surface area contributed by atoms with Gasteiger partial charge in [0, 0.05) is 36.3 Å². The molecule has 9 heteroatoms. The Balaban J connectivity index is 0.00000147. The van der Waals surface area contributed by atoms with Crippen LogP contribution >= 0.6 is 19.9 Å². The van der Waals surface area contributed by atoms with Gasteiger partial charge in [0.05, 0.1) is 5.03 Å². The molecule has 2 unspecified atom stereocenters. The van der Waals surface area contributed by atoms with Gasteiger partial charge in [0.2, 0.25) is 5.91 Å².